The lowest BCUT2D eigenvalue weighted by molar-refractivity contribution is -0.121. The van der Waals surface area contributed by atoms with Crippen LogP contribution < -0.4 is 11.1 Å². The van der Waals surface area contributed by atoms with Crippen LogP contribution in [0.5, 0.6) is 0 Å². The molecule has 1 aromatic rings. The Morgan fingerprint density at radius 3 is 3.06 bits per heavy atom. The van der Waals surface area contributed by atoms with E-state index in [2.05, 4.69) is 15.5 Å². The Kier molecular flexibility index (Phi) is 5.49. The Balaban J connectivity index is 2.26. The lowest BCUT2D eigenvalue weighted by atomic mass is 10.2. The van der Waals surface area contributed by atoms with Gasteiger partial charge in [-0.25, -0.2) is 0 Å². The first-order valence-electron chi connectivity index (χ1n) is 5.61. The van der Waals surface area contributed by atoms with Crippen molar-refractivity contribution in [3.8, 4) is 0 Å². The van der Waals surface area contributed by atoms with Crippen molar-refractivity contribution < 1.29 is 4.79 Å². The van der Waals surface area contributed by atoms with Crippen molar-refractivity contribution in [3.05, 3.63) is 12.2 Å². The zero-order chi connectivity index (χ0) is 11.8. The van der Waals surface area contributed by atoms with Gasteiger partial charge in [0, 0.05) is 13.0 Å². The molecule has 0 aromatic carbocycles. The van der Waals surface area contributed by atoms with Gasteiger partial charge < -0.3 is 15.6 Å². The van der Waals surface area contributed by atoms with E-state index < -0.39 is 0 Å². The van der Waals surface area contributed by atoms with E-state index in [1.165, 1.54) is 0 Å². The summed E-state index contributed by atoms with van der Waals surface area (Å²) in [7, 11) is 0. The number of unbranched alkanes of at least 4 members (excludes halogenated alkanes) is 1. The minimum atomic E-state index is 0.0408. The van der Waals surface area contributed by atoms with E-state index in [-0.39, 0.29) is 5.91 Å². The topological polar surface area (TPSA) is 85.8 Å². The molecule has 6 heteroatoms. The molecule has 0 bridgehead atoms. The normalized spacial score (nSPS) is 10.4. The summed E-state index contributed by atoms with van der Waals surface area (Å²) in [5.41, 5.74) is 5.35. The number of carbonyl (C=O) groups excluding carboxylic acids is 1. The molecule has 0 unspecified atom stereocenters. The maximum Gasteiger partial charge on any atom is 0.220 e. The third-order valence-corrected chi connectivity index (χ3v) is 2.34. The first-order valence-corrected chi connectivity index (χ1v) is 5.61. The number of rotatable bonds is 7. The fourth-order valence-corrected chi connectivity index (χ4v) is 1.38. The Morgan fingerprint density at radius 2 is 2.38 bits per heavy atom. The van der Waals surface area contributed by atoms with Crippen LogP contribution in [0.4, 0.5) is 0 Å². The molecule has 0 aliphatic carbocycles. The highest BCUT2D eigenvalue weighted by atomic mass is 16.1. The van der Waals surface area contributed by atoms with Crippen molar-refractivity contribution in [1.82, 2.24) is 20.1 Å². The predicted molar refractivity (Wildman–Crippen MR) is 60.4 cm³/mol. The monoisotopic (exact) mass is 225 g/mol. The molecule has 0 fully saturated rings. The summed E-state index contributed by atoms with van der Waals surface area (Å²) in [6.07, 6.45) is 3.91. The molecule has 6 nitrogen and oxygen atoms in total. The molecule has 1 aromatic heterocycles. The highest BCUT2D eigenvalue weighted by Gasteiger charge is 2.05. The second-order valence-corrected chi connectivity index (χ2v) is 3.56. The third-order valence-electron chi connectivity index (χ3n) is 2.34. The summed E-state index contributed by atoms with van der Waals surface area (Å²) in [6.45, 7) is 3.90. The van der Waals surface area contributed by atoms with E-state index in [1.54, 1.807) is 6.33 Å². The minimum absolute atomic E-state index is 0.0408. The van der Waals surface area contributed by atoms with Gasteiger partial charge in [-0.3, -0.25) is 4.79 Å². The zero-order valence-electron chi connectivity index (χ0n) is 9.65. The maximum atomic E-state index is 11.4. The molecule has 16 heavy (non-hydrogen) atoms. The van der Waals surface area contributed by atoms with E-state index in [4.69, 9.17) is 5.73 Å². The fraction of sp³-hybridized carbons (Fsp3) is 0.700. The van der Waals surface area contributed by atoms with Crippen molar-refractivity contribution in [3.63, 3.8) is 0 Å². The summed E-state index contributed by atoms with van der Waals surface area (Å²) in [6, 6.07) is 0. The molecule has 0 atom stereocenters. The fourth-order valence-electron chi connectivity index (χ4n) is 1.38. The highest BCUT2D eigenvalue weighted by molar-refractivity contribution is 5.75. The summed E-state index contributed by atoms with van der Waals surface area (Å²) in [5.74, 6) is 0.828. The van der Waals surface area contributed by atoms with Gasteiger partial charge in [-0.15, -0.1) is 10.2 Å². The third kappa shape index (κ3) is 3.98. The van der Waals surface area contributed by atoms with E-state index in [1.807, 2.05) is 11.5 Å². The van der Waals surface area contributed by atoms with Crippen LogP contribution in [0.25, 0.3) is 0 Å². The Hall–Kier alpha value is -1.43. The molecule has 0 spiro atoms. The average molecular weight is 225 g/mol. The summed E-state index contributed by atoms with van der Waals surface area (Å²) in [5, 5.41) is 10.5. The van der Waals surface area contributed by atoms with Crippen LogP contribution in [0.15, 0.2) is 6.33 Å². The molecule has 90 valence electrons. The van der Waals surface area contributed by atoms with Gasteiger partial charge in [0.25, 0.3) is 0 Å². The molecule has 0 aliphatic heterocycles. The number of nitrogens with one attached hydrogen (secondary N) is 1. The van der Waals surface area contributed by atoms with Crippen molar-refractivity contribution in [2.24, 2.45) is 5.73 Å². The lowest BCUT2D eigenvalue weighted by Crippen LogP contribution is -2.24. The number of carbonyl (C=O) groups is 1. The second-order valence-electron chi connectivity index (χ2n) is 3.56. The molecule has 0 radical (unpaired) electrons. The molecule has 0 saturated heterocycles. The van der Waals surface area contributed by atoms with Gasteiger partial charge in [-0.05, 0) is 26.3 Å². The first kappa shape index (κ1) is 12.6. The van der Waals surface area contributed by atoms with Gasteiger partial charge >= 0.3 is 0 Å². The van der Waals surface area contributed by atoms with Crippen molar-refractivity contribution in [2.45, 2.75) is 39.3 Å². The van der Waals surface area contributed by atoms with E-state index in [0.29, 0.717) is 19.5 Å². The van der Waals surface area contributed by atoms with Crippen LogP contribution in [-0.2, 0) is 17.9 Å². The number of hydrogen-bond donors (Lipinski definition) is 2. The molecule has 3 N–H and O–H groups in total. The SMILES string of the molecule is CCn1cnnc1CNC(=O)CCCCN. The molecule has 1 amide bonds. The molecular formula is C10H19N5O. The molecule has 0 saturated carbocycles. The van der Waals surface area contributed by atoms with E-state index >= 15 is 0 Å². The highest BCUT2D eigenvalue weighted by Crippen LogP contribution is 1.96. The molecule has 1 rings (SSSR count). The predicted octanol–water partition coefficient (Wildman–Crippen LogP) is 0.0432. The summed E-state index contributed by atoms with van der Waals surface area (Å²) in [4.78, 5) is 11.4. The standard InChI is InChI=1S/C10H19N5O/c1-2-15-8-13-14-9(15)7-12-10(16)5-3-4-6-11/h8H,2-7,11H2,1H3,(H,12,16). The van der Waals surface area contributed by atoms with Crippen LogP contribution in [0, 0.1) is 0 Å². The summed E-state index contributed by atoms with van der Waals surface area (Å²) < 4.78 is 1.90. The van der Waals surface area contributed by atoms with Crippen molar-refractivity contribution >= 4 is 5.91 Å². The average Bonchev–Trinajstić information content (AvgIpc) is 2.74. The number of nitrogens with two attached hydrogens (primary N) is 1. The van der Waals surface area contributed by atoms with Crippen LogP contribution in [-0.4, -0.2) is 27.2 Å². The Morgan fingerprint density at radius 1 is 1.56 bits per heavy atom. The van der Waals surface area contributed by atoms with Crippen molar-refractivity contribution in [1.29, 1.82) is 0 Å². The van der Waals surface area contributed by atoms with Gasteiger partial charge in [-0.2, -0.15) is 0 Å². The molecule has 0 aliphatic rings. The number of amides is 1. The number of aromatic nitrogens is 3. The van der Waals surface area contributed by atoms with Gasteiger partial charge in [-0.1, -0.05) is 0 Å². The van der Waals surface area contributed by atoms with Crippen LogP contribution in [0.2, 0.25) is 0 Å². The Labute approximate surface area is 95.2 Å². The Bertz CT molecular complexity index is 323. The van der Waals surface area contributed by atoms with Crippen LogP contribution in [0.3, 0.4) is 0 Å². The molecule has 1 heterocycles. The first-order chi connectivity index (χ1) is 7.77. The van der Waals surface area contributed by atoms with Crippen molar-refractivity contribution in [2.75, 3.05) is 6.54 Å². The molecular weight excluding hydrogens is 206 g/mol. The summed E-state index contributed by atoms with van der Waals surface area (Å²) >= 11 is 0. The lowest BCUT2D eigenvalue weighted by Gasteiger charge is -2.05. The minimum Gasteiger partial charge on any atom is -0.349 e. The maximum absolute atomic E-state index is 11.4. The number of nitrogens with zero attached hydrogens (tertiary/aromatic N) is 3. The second kappa shape index (κ2) is 6.95. The van der Waals surface area contributed by atoms with Gasteiger partial charge in [0.1, 0.15) is 6.33 Å². The van der Waals surface area contributed by atoms with E-state index in [9.17, 15) is 4.79 Å². The van der Waals surface area contributed by atoms with Crippen LogP contribution >= 0.6 is 0 Å². The van der Waals surface area contributed by atoms with Gasteiger partial charge in [0.2, 0.25) is 5.91 Å². The smallest absolute Gasteiger partial charge is 0.220 e. The largest absolute Gasteiger partial charge is 0.349 e. The van der Waals surface area contributed by atoms with Gasteiger partial charge in [0.05, 0.1) is 6.54 Å². The number of hydrogen-bond acceptors (Lipinski definition) is 4. The number of aryl methyl sites for hydroxylation is 1. The van der Waals surface area contributed by atoms with E-state index in [0.717, 1.165) is 25.2 Å². The quantitative estimate of drug-likeness (QED) is 0.642. The van der Waals surface area contributed by atoms with Crippen LogP contribution in [0.1, 0.15) is 32.0 Å². The van der Waals surface area contributed by atoms with Gasteiger partial charge in [0.15, 0.2) is 5.82 Å². The zero-order valence-corrected chi connectivity index (χ0v) is 9.65.